The van der Waals surface area contributed by atoms with Gasteiger partial charge in [-0.3, -0.25) is 0 Å². The Morgan fingerprint density at radius 1 is 1.35 bits per heavy atom. The minimum Gasteiger partial charge on any atom is -0.497 e. The second kappa shape index (κ2) is 7.53. The number of benzene rings is 1. The molecule has 5 nitrogen and oxygen atoms in total. The highest BCUT2D eigenvalue weighted by atomic mass is 79.9. The lowest BCUT2D eigenvalue weighted by Crippen LogP contribution is -2.36. The molecule has 23 heavy (non-hydrogen) atoms. The van der Waals surface area contributed by atoms with Gasteiger partial charge in [0.25, 0.3) is 0 Å². The van der Waals surface area contributed by atoms with E-state index in [1.54, 1.807) is 12.0 Å². The largest absolute Gasteiger partial charge is 0.497 e. The van der Waals surface area contributed by atoms with E-state index >= 15 is 0 Å². The molecule has 2 rings (SSSR count). The van der Waals surface area contributed by atoms with Gasteiger partial charge in [0.15, 0.2) is 0 Å². The third-order valence-electron chi connectivity index (χ3n) is 3.45. The predicted molar refractivity (Wildman–Crippen MR) is 92.1 cm³/mol. The number of ether oxygens (including phenoxy) is 3. The second-order valence-electron chi connectivity index (χ2n) is 6.60. The van der Waals surface area contributed by atoms with E-state index in [4.69, 9.17) is 14.2 Å². The Morgan fingerprint density at radius 3 is 2.74 bits per heavy atom. The zero-order valence-electron chi connectivity index (χ0n) is 14.0. The number of likely N-dealkylation sites (tertiary alicyclic amines) is 1. The lowest BCUT2D eigenvalue weighted by Gasteiger charge is -2.24. The molecule has 1 fully saturated rings. The second-order valence-corrected chi connectivity index (χ2v) is 7.78. The smallest absolute Gasteiger partial charge is 0.410 e. The van der Waals surface area contributed by atoms with Gasteiger partial charge in [-0.05, 0) is 38.5 Å². The fourth-order valence-corrected chi connectivity index (χ4v) is 3.00. The summed E-state index contributed by atoms with van der Waals surface area (Å²) in [4.78, 5) is 13.9. The van der Waals surface area contributed by atoms with Crippen LogP contribution < -0.4 is 4.74 Å². The van der Waals surface area contributed by atoms with Crippen LogP contribution in [0, 0.1) is 0 Å². The van der Waals surface area contributed by atoms with Crippen LogP contribution in [0.1, 0.15) is 26.3 Å². The van der Waals surface area contributed by atoms with Gasteiger partial charge in [-0.1, -0.05) is 28.1 Å². The number of halogens is 1. The summed E-state index contributed by atoms with van der Waals surface area (Å²) in [7, 11) is 1.64. The van der Waals surface area contributed by atoms with E-state index in [9.17, 15) is 4.79 Å². The van der Waals surface area contributed by atoms with Gasteiger partial charge in [-0.2, -0.15) is 0 Å². The SMILES string of the molecule is COc1cccc(COC2CN(C(=O)OC(C)(C)C)CC2Br)c1. The number of rotatable bonds is 4. The molecule has 1 aromatic rings. The van der Waals surface area contributed by atoms with Crippen LogP contribution in [0.3, 0.4) is 0 Å². The van der Waals surface area contributed by atoms with Crippen LogP contribution in [0.5, 0.6) is 5.75 Å². The van der Waals surface area contributed by atoms with E-state index in [0.29, 0.717) is 19.7 Å². The summed E-state index contributed by atoms with van der Waals surface area (Å²) in [6.45, 7) is 7.18. The van der Waals surface area contributed by atoms with Crippen molar-refractivity contribution in [2.45, 2.75) is 43.9 Å². The molecule has 1 aliphatic rings. The monoisotopic (exact) mass is 385 g/mol. The first-order valence-corrected chi connectivity index (χ1v) is 8.56. The maximum absolute atomic E-state index is 12.1. The first-order chi connectivity index (χ1) is 10.8. The molecule has 1 saturated heterocycles. The van der Waals surface area contributed by atoms with E-state index in [0.717, 1.165) is 11.3 Å². The Bertz CT molecular complexity index is 544. The van der Waals surface area contributed by atoms with Gasteiger partial charge in [-0.25, -0.2) is 4.79 Å². The van der Waals surface area contributed by atoms with E-state index in [-0.39, 0.29) is 17.0 Å². The van der Waals surface area contributed by atoms with Crippen LogP contribution >= 0.6 is 15.9 Å². The minimum atomic E-state index is -0.488. The third kappa shape index (κ3) is 5.39. The summed E-state index contributed by atoms with van der Waals surface area (Å²) in [5, 5.41) is 0. The summed E-state index contributed by atoms with van der Waals surface area (Å²) in [6, 6.07) is 7.78. The fraction of sp³-hybridized carbons (Fsp3) is 0.588. The summed E-state index contributed by atoms with van der Waals surface area (Å²) in [5.74, 6) is 0.809. The average Bonchev–Trinajstić information content (AvgIpc) is 2.85. The van der Waals surface area contributed by atoms with Crippen molar-refractivity contribution in [2.75, 3.05) is 20.2 Å². The lowest BCUT2D eigenvalue weighted by atomic mass is 10.2. The molecule has 128 valence electrons. The van der Waals surface area contributed by atoms with Crippen molar-refractivity contribution in [3.05, 3.63) is 29.8 Å². The number of hydrogen-bond acceptors (Lipinski definition) is 4. The van der Waals surface area contributed by atoms with E-state index < -0.39 is 5.60 Å². The molecule has 0 aliphatic carbocycles. The van der Waals surface area contributed by atoms with Gasteiger partial charge in [0, 0.05) is 6.54 Å². The van der Waals surface area contributed by atoms with Crippen LogP contribution in [0.4, 0.5) is 4.79 Å². The molecule has 1 aromatic carbocycles. The Kier molecular flexibility index (Phi) is 5.92. The maximum Gasteiger partial charge on any atom is 0.410 e. The molecule has 1 heterocycles. The molecular formula is C17H24BrNO4. The zero-order valence-corrected chi connectivity index (χ0v) is 15.6. The number of hydrogen-bond donors (Lipinski definition) is 0. The molecule has 1 amide bonds. The molecule has 2 unspecified atom stereocenters. The Balaban J connectivity index is 1.88. The number of nitrogens with zero attached hydrogens (tertiary/aromatic N) is 1. The Labute approximate surface area is 146 Å². The highest BCUT2D eigenvalue weighted by Gasteiger charge is 2.36. The van der Waals surface area contributed by atoms with Crippen LogP contribution in [0.2, 0.25) is 0 Å². The quantitative estimate of drug-likeness (QED) is 0.742. The van der Waals surface area contributed by atoms with Crippen LogP contribution in [0.15, 0.2) is 24.3 Å². The minimum absolute atomic E-state index is 0.0614. The number of amides is 1. The van der Waals surface area contributed by atoms with Crippen molar-refractivity contribution in [1.29, 1.82) is 0 Å². The van der Waals surface area contributed by atoms with Crippen molar-refractivity contribution < 1.29 is 19.0 Å². The van der Waals surface area contributed by atoms with Gasteiger partial charge >= 0.3 is 6.09 Å². The zero-order chi connectivity index (χ0) is 17.0. The van der Waals surface area contributed by atoms with E-state index in [2.05, 4.69) is 15.9 Å². The van der Waals surface area contributed by atoms with Crippen LogP contribution in [-0.2, 0) is 16.1 Å². The summed E-state index contributed by atoms with van der Waals surface area (Å²) in [5.41, 5.74) is 0.554. The summed E-state index contributed by atoms with van der Waals surface area (Å²) in [6.07, 6.45) is -0.358. The van der Waals surface area contributed by atoms with Crippen LogP contribution in [0.25, 0.3) is 0 Å². The topological polar surface area (TPSA) is 48.0 Å². The molecule has 0 spiro atoms. The highest BCUT2D eigenvalue weighted by Crippen LogP contribution is 2.24. The Hall–Kier alpha value is -1.27. The average molecular weight is 386 g/mol. The number of methoxy groups -OCH3 is 1. The molecule has 2 atom stereocenters. The van der Waals surface area contributed by atoms with Gasteiger partial charge < -0.3 is 19.1 Å². The van der Waals surface area contributed by atoms with Crippen molar-refractivity contribution in [3.63, 3.8) is 0 Å². The van der Waals surface area contributed by atoms with Crippen molar-refractivity contribution >= 4 is 22.0 Å². The molecule has 0 bridgehead atoms. The van der Waals surface area contributed by atoms with Crippen molar-refractivity contribution in [1.82, 2.24) is 4.90 Å². The first-order valence-electron chi connectivity index (χ1n) is 7.65. The van der Waals surface area contributed by atoms with Crippen LogP contribution in [-0.4, -0.2) is 47.7 Å². The van der Waals surface area contributed by atoms with Gasteiger partial charge in [0.2, 0.25) is 0 Å². The molecular weight excluding hydrogens is 362 g/mol. The molecule has 1 aliphatic heterocycles. The van der Waals surface area contributed by atoms with Gasteiger partial charge in [-0.15, -0.1) is 0 Å². The molecule has 0 aromatic heterocycles. The summed E-state index contributed by atoms with van der Waals surface area (Å²) >= 11 is 3.60. The standard InChI is InChI=1S/C17H24BrNO4/c1-17(2,3)23-16(20)19-9-14(18)15(10-19)22-11-12-6-5-7-13(8-12)21-4/h5-8,14-15H,9-11H2,1-4H3. The molecule has 6 heteroatoms. The van der Waals surface area contributed by atoms with Crippen molar-refractivity contribution in [3.8, 4) is 5.75 Å². The van der Waals surface area contributed by atoms with Gasteiger partial charge in [0.1, 0.15) is 11.4 Å². The summed E-state index contributed by atoms with van der Waals surface area (Å²) < 4.78 is 16.6. The van der Waals surface area contributed by atoms with Crippen molar-refractivity contribution in [2.24, 2.45) is 0 Å². The normalized spacial score (nSPS) is 21.3. The number of alkyl halides is 1. The molecule has 0 radical (unpaired) electrons. The third-order valence-corrected chi connectivity index (χ3v) is 4.33. The molecule has 0 saturated carbocycles. The Morgan fingerprint density at radius 2 is 2.09 bits per heavy atom. The fourth-order valence-electron chi connectivity index (χ4n) is 2.33. The number of carbonyl (C=O) groups is 1. The van der Waals surface area contributed by atoms with Gasteiger partial charge in [0.05, 0.1) is 31.2 Å². The maximum atomic E-state index is 12.1. The first kappa shape index (κ1) is 18.1. The van der Waals surface area contributed by atoms with E-state index in [1.165, 1.54) is 0 Å². The molecule has 0 N–H and O–H groups in total. The highest BCUT2D eigenvalue weighted by molar-refractivity contribution is 9.09. The van der Waals surface area contributed by atoms with E-state index in [1.807, 2.05) is 45.0 Å². The lowest BCUT2D eigenvalue weighted by molar-refractivity contribution is 0.0188. The number of carbonyl (C=O) groups excluding carboxylic acids is 1. The predicted octanol–water partition coefficient (Wildman–Crippen LogP) is 3.59.